The van der Waals surface area contributed by atoms with Gasteiger partial charge < -0.3 is 9.84 Å². The second kappa shape index (κ2) is 6.76. The van der Waals surface area contributed by atoms with E-state index in [2.05, 4.69) is 0 Å². The summed E-state index contributed by atoms with van der Waals surface area (Å²) in [7, 11) is 0. The topological polar surface area (TPSA) is 46.5 Å². The van der Waals surface area contributed by atoms with Gasteiger partial charge in [-0.3, -0.25) is 4.79 Å². The van der Waals surface area contributed by atoms with Crippen molar-refractivity contribution in [1.82, 2.24) is 0 Å². The van der Waals surface area contributed by atoms with Gasteiger partial charge in [0, 0.05) is 5.88 Å². The van der Waals surface area contributed by atoms with E-state index in [0.717, 1.165) is 5.56 Å². The Labute approximate surface area is 113 Å². The molecule has 4 heteroatoms. The monoisotopic (exact) mass is 270 g/mol. The highest BCUT2D eigenvalue weighted by Gasteiger charge is 2.37. The highest BCUT2D eigenvalue weighted by molar-refractivity contribution is 6.17. The third-order valence-corrected chi connectivity index (χ3v) is 3.24. The van der Waals surface area contributed by atoms with Crippen molar-refractivity contribution >= 4 is 17.6 Å². The van der Waals surface area contributed by atoms with E-state index in [-0.39, 0.29) is 0 Å². The van der Waals surface area contributed by atoms with E-state index in [4.69, 9.17) is 16.3 Å². The molecule has 1 rings (SSSR count). The number of halogens is 1. The summed E-state index contributed by atoms with van der Waals surface area (Å²) >= 11 is 5.72. The zero-order valence-corrected chi connectivity index (χ0v) is 11.5. The fourth-order valence-corrected chi connectivity index (χ4v) is 1.86. The molecule has 0 heterocycles. The normalized spacial score (nSPS) is 13.3. The van der Waals surface area contributed by atoms with E-state index in [1.54, 1.807) is 13.8 Å². The van der Waals surface area contributed by atoms with E-state index in [9.17, 15) is 9.90 Å². The predicted octanol–water partition coefficient (Wildman–Crippen LogP) is 3.31. The molecule has 0 aliphatic heterocycles. The van der Waals surface area contributed by atoms with E-state index < -0.39 is 17.5 Å². The molecular formula is C14H19ClO3. The maximum Gasteiger partial charge on any atom is 0.311 e. The van der Waals surface area contributed by atoms with E-state index >= 15 is 0 Å². The number of alkyl halides is 1. The lowest BCUT2D eigenvalue weighted by atomic mass is 9.85. The summed E-state index contributed by atoms with van der Waals surface area (Å²) in [6.07, 6.45) is 0.126. The van der Waals surface area contributed by atoms with Crippen LogP contribution in [0.1, 0.15) is 25.8 Å². The first-order valence-corrected chi connectivity index (χ1v) is 6.47. The summed E-state index contributed by atoms with van der Waals surface area (Å²) in [5.74, 6) is -0.485. The average molecular weight is 271 g/mol. The Kier molecular flexibility index (Phi) is 5.63. The highest BCUT2D eigenvalue weighted by atomic mass is 35.5. The second-order valence-corrected chi connectivity index (χ2v) is 5.17. The molecule has 0 radical (unpaired) electrons. The number of aliphatic carboxylic acids is 1. The number of hydrogen-bond donors (Lipinski definition) is 1. The first kappa shape index (κ1) is 15.0. The minimum atomic E-state index is -0.941. The van der Waals surface area contributed by atoms with Crippen molar-refractivity contribution < 1.29 is 14.6 Å². The van der Waals surface area contributed by atoms with Gasteiger partial charge in [-0.15, -0.1) is 11.6 Å². The Morgan fingerprint density at radius 3 is 2.50 bits per heavy atom. The molecule has 0 bridgehead atoms. The molecule has 0 aromatic heterocycles. The van der Waals surface area contributed by atoms with Crippen molar-refractivity contribution in [1.29, 1.82) is 0 Å². The second-order valence-electron chi connectivity index (χ2n) is 4.79. The Balaban J connectivity index is 2.67. The van der Waals surface area contributed by atoms with Gasteiger partial charge in [-0.25, -0.2) is 0 Å². The maximum absolute atomic E-state index is 11.2. The number of carboxylic acid groups (broad SMARTS) is 1. The standard InChI is InChI=1S/C14H19ClO3/c1-14(2,13(16)17)12(8-9-15)18-10-11-6-4-3-5-7-11/h3-7,12H,8-10H2,1-2H3,(H,16,17). The van der Waals surface area contributed by atoms with Crippen molar-refractivity contribution in [2.75, 3.05) is 5.88 Å². The smallest absolute Gasteiger partial charge is 0.311 e. The van der Waals surface area contributed by atoms with Crippen molar-refractivity contribution in [2.24, 2.45) is 5.41 Å². The van der Waals surface area contributed by atoms with E-state index in [0.29, 0.717) is 18.9 Å². The van der Waals surface area contributed by atoms with Gasteiger partial charge in [0.1, 0.15) is 0 Å². The van der Waals surface area contributed by atoms with Gasteiger partial charge in [0.15, 0.2) is 0 Å². The lowest BCUT2D eigenvalue weighted by molar-refractivity contribution is -0.157. The van der Waals surface area contributed by atoms with Gasteiger partial charge in [0.25, 0.3) is 0 Å². The molecule has 0 aliphatic carbocycles. The lowest BCUT2D eigenvalue weighted by Crippen LogP contribution is -2.39. The van der Waals surface area contributed by atoms with Gasteiger partial charge >= 0.3 is 5.97 Å². The van der Waals surface area contributed by atoms with Crippen LogP contribution in [0.3, 0.4) is 0 Å². The molecule has 1 atom stereocenters. The number of benzene rings is 1. The molecule has 0 aliphatic rings. The third kappa shape index (κ3) is 4.00. The number of ether oxygens (including phenoxy) is 1. The quantitative estimate of drug-likeness (QED) is 0.773. The first-order chi connectivity index (χ1) is 8.48. The summed E-state index contributed by atoms with van der Waals surface area (Å²) in [6, 6.07) is 9.69. The van der Waals surface area contributed by atoms with Gasteiger partial charge in [-0.1, -0.05) is 30.3 Å². The molecule has 1 aromatic rings. The minimum Gasteiger partial charge on any atom is -0.481 e. The molecule has 0 saturated carbocycles. The summed E-state index contributed by atoms with van der Waals surface area (Å²) in [6.45, 7) is 3.73. The van der Waals surface area contributed by atoms with Gasteiger partial charge in [-0.2, -0.15) is 0 Å². The van der Waals surface area contributed by atoms with Gasteiger partial charge in [0.2, 0.25) is 0 Å². The zero-order chi connectivity index (χ0) is 13.6. The van der Waals surface area contributed by atoms with Gasteiger partial charge in [0.05, 0.1) is 18.1 Å². The maximum atomic E-state index is 11.2. The minimum absolute atomic E-state index is 0.385. The van der Waals surface area contributed by atoms with Crippen LogP contribution < -0.4 is 0 Å². The molecule has 18 heavy (non-hydrogen) atoms. The first-order valence-electron chi connectivity index (χ1n) is 5.93. The fraction of sp³-hybridized carbons (Fsp3) is 0.500. The van der Waals surface area contributed by atoms with Crippen molar-refractivity contribution in [2.45, 2.75) is 33.0 Å². The van der Waals surface area contributed by atoms with Crippen LogP contribution >= 0.6 is 11.6 Å². The summed E-state index contributed by atoms with van der Waals surface area (Å²) < 4.78 is 5.73. The summed E-state index contributed by atoms with van der Waals surface area (Å²) in [5, 5.41) is 9.21. The Morgan fingerprint density at radius 2 is 2.00 bits per heavy atom. The van der Waals surface area contributed by atoms with E-state index in [1.807, 2.05) is 30.3 Å². The van der Waals surface area contributed by atoms with Crippen LogP contribution in [0.5, 0.6) is 0 Å². The molecule has 0 saturated heterocycles. The molecule has 0 fully saturated rings. The number of carboxylic acids is 1. The lowest BCUT2D eigenvalue weighted by Gasteiger charge is -2.30. The summed E-state index contributed by atoms with van der Waals surface area (Å²) in [4.78, 5) is 11.2. The van der Waals surface area contributed by atoms with Crippen LogP contribution in [0, 0.1) is 5.41 Å². The molecule has 1 N–H and O–H groups in total. The number of carbonyl (C=O) groups is 1. The number of rotatable bonds is 7. The van der Waals surface area contributed by atoms with Crippen LogP contribution in [-0.2, 0) is 16.1 Å². The van der Waals surface area contributed by atoms with E-state index in [1.165, 1.54) is 0 Å². The highest BCUT2D eigenvalue weighted by Crippen LogP contribution is 2.27. The zero-order valence-electron chi connectivity index (χ0n) is 10.7. The average Bonchev–Trinajstić information content (AvgIpc) is 2.35. The van der Waals surface area contributed by atoms with Crippen LogP contribution in [0.25, 0.3) is 0 Å². The number of hydrogen-bond acceptors (Lipinski definition) is 2. The molecule has 0 amide bonds. The Hall–Kier alpha value is -1.06. The largest absolute Gasteiger partial charge is 0.481 e. The van der Waals surface area contributed by atoms with Gasteiger partial charge in [-0.05, 0) is 25.8 Å². The molecule has 1 aromatic carbocycles. The fourth-order valence-electron chi connectivity index (χ4n) is 1.66. The van der Waals surface area contributed by atoms with Crippen molar-refractivity contribution in [3.63, 3.8) is 0 Å². The van der Waals surface area contributed by atoms with Crippen LogP contribution in [0.2, 0.25) is 0 Å². The SMILES string of the molecule is CC(C)(C(=O)O)C(CCCl)OCc1ccccc1. The predicted molar refractivity (Wildman–Crippen MR) is 71.8 cm³/mol. The third-order valence-electron chi connectivity index (χ3n) is 3.02. The van der Waals surface area contributed by atoms with Crippen LogP contribution in [0.15, 0.2) is 30.3 Å². The molecule has 3 nitrogen and oxygen atoms in total. The molecule has 0 spiro atoms. The Bertz CT molecular complexity index is 376. The van der Waals surface area contributed by atoms with Crippen molar-refractivity contribution in [3.8, 4) is 0 Å². The summed E-state index contributed by atoms with van der Waals surface area (Å²) in [5.41, 5.74) is 0.0854. The van der Waals surface area contributed by atoms with Crippen molar-refractivity contribution in [3.05, 3.63) is 35.9 Å². The molecule has 1 unspecified atom stereocenters. The molecule has 100 valence electrons. The molecular weight excluding hydrogens is 252 g/mol. The van der Waals surface area contributed by atoms with Crippen LogP contribution in [0.4, 0.5) is 0 Å². The Morgan fingerprint density at radius 1 is 1.39 bits per heavy atom. The van der Waals surface area contributed by atoms with Crippen LogP contribution in [-0.4, -0.2) is 23.1 Å².